The fourth-order valence-electron chi connectivity index (χ4n) is 1.64. The molecule has 80 valence electrons. The SMILES string of the molecule is NC1C=CC2=CC(S(=O)(=O)O)=CCC2=C1. The summed E-state index contributed by atoms with van der Waals surface area (Å²) in [5, 5.41) is 0. The van der Waals surface area contributed by atoms with Crippen molar-refractivity contribution in [1.82, 2.24) is 0 Å². The molecule has 2 aliphatic carbocycles. The van der Waals surface area contributed by atoms with E-state index in [0.717, 1.165) is 11.1 Å². The molecular weight excluding hydrogens is 214 g/mol. The average Bonchev–Trinajstić information content (AvgIpc) is 2.15. The van der Waals surface area contributed by atoms with Gasteiger partial charge in [0.15, 0.2) is 0 Å². The van der Waals surface area contributed by atoms with Crippen LogP contribution in [0.25, 0.3) is 0 Å². The summed E-state index contributed by atoms with van der Waals surface area (Å²) in [6.45, 7) is 0. The van der Waals surface area contributed by atoms with Crippen LogP contribution in [-0.2, 0) is 10.1 Å². The van der Waals surface area contributed by atoms with E-state index >= 15 is 0 Å². The van der Waals surface area contributed by atoms with Crippen molar-refractivity contribution in [2.75, 3.05) is 0 Å². The Morgan fingerprint density at radius 2 is 2.20 bits per heavy atom. The number of nitrogens with two attached hydrogens (primary N) is 1. The van der Waals surface area contributed by atoms with E-state index < -0.39 is 10.1 Å². The van der Waals surface area contributed by atoms with Crippen LogP contribution in [0.2, 0.25) is 0 Å². The smallest absolute Gasteiger partial charge is 0.294 e. The van der Waals surface area contributed by atoms with Crippen LogP contribution < -0.4 is 5.73 Å². The van der Waals surface area contributed by atoms with E-state index in [9.17, 15) is 8.42 Å². The molecule has 4 nitrogen and oxygen atoms in total. The third-order valence-electron chi connectivity index (χ3n) is 2.38. The van der Waals surface area contributed by atoms with Gasteiger partial charge in [-0.1, -0.05) is 24.3 Å². The molecule has 0 bridgehead atoms. The maximum Gasteiger partial charge on any atom is 0.294 e. The Morgan fingerprint density at radius 3 is 2.87 bits per heavy atom. The second-order valence-corrected chi connectivity index (χ2v) is 4.94. The zero-order valence-corrected chi connectivity index (χ0v) is 8.74. The van der Waals surface area contributed by atoms with Gasteiger partial charge in [-0.05, 0) is 23.6 Å². The molecule has 0 aromatic carbocycles. The maximum absolute atomic E-state index is 10.9. The van der Waals surface area contributed by atoms with Gasteiger partial charge in [0, 0.05) is 6.04 Å². The summed E-state index contributed by atoms with van der Waals surface area (Å²) in [5.41, 5.74) is 7.48. The molecule has 1 unspecified atom stereocenters. The topological polar surface area (TPSA) is 80.4 Å². The van der Waals surface area contributed by atoms with Crippen LogP contribution in [0.1, 0.15) is 6.42 Å². The molecule has 1 atom stereocenters. The van der Waals surface area contributed by atoms with E-state index in [4.69, 9.17) is 10.3 Å². The molecule has 2 aliphatic rings. The third kappa shape index (κ3) is 2.09. The van der Waals surface area contributed by atoms with Crippen LogP contribution in [0.5, 0.6) is 0 Å². The molecule has 15 heavy (non-hydrogen) atoms. The van der Waals surface area contributed by atoms with E-state index in [0.29, 0.717) is 6.42 Å². The van der Waals surface area contributed by atoms with Crippen molar-refractivity contribution in [3.8, 4) is 0 Å². The van der Waals surface area contributed by atoms with Crippen LogP contribution in [0.15, 0.2) is 46.4 Å². The summed E-state index contributed by atoms with van der Waals surface area (Å²) in [6, 6.07) is -0.113. The van der Waals surface area contributed by atoms with Gasteiger partial charge >= 0.3 is 0 Å². The monoisotopic (exact) mass is 225 g/mol. The summed E-state index contributed by atoms with van der Waals surface area (Å²) in [7, 11) is -4.10. The van der Waals surface area contributed by atoms with E-state index in [-0.39, 0.29) is 10.9 Å². The zero-order valence-electron chi connectivity index (χ0n) is 7.92. The summed E-state index contributed by atoms with van der Waals surface area (Å²) in [4.78, 5) is -0.0465. The van der Waals surface area contributed by atoms with E-state index in [1.54, 1.807) is 12.2 Å². The van der Waals surface area contributed by atoms with Gasteiger partial charge in [-0.25, -0.2) is 0 Å². The minimum Gasteiger partial charge on any atom is -0.321 e. The molecule has 0 heterocycles. The number of rotatable bonds is 1. The van der Waals surface area contributed by atoms with Gasteiger partial charge in [0.1, 0.15) is 0 Å². The Labute approximate surface area is 88.2 Å². The van der Waals surface area contributed by atoms with Crippen molar-refractivity contribution in [3.05, 3.63) is 46.4 Å². The fourth-order valence-corrected chi connectivity index (χ4v) is 2.20. The average molecular weight is 225 g/mol. The molecule has 2 rings (SSSR count). The second kappa shape index (κ2) is 3.44. The molecule has 0 radical (unpaired) electrons. The molecule has 0 fully saturated rings. The highest BCUT2D eigenvalue weighted by molar-refractivity contribution is 7.90. The molecule has 0 spiro atoms. The molecule has 0 saturated carbocycles. The van der Waals surface area contributed by atoms with E-state index in [1.165, 1.54) is 12.2 Å². The summed E-state index contributed by atoms with van der Waals surface area (Å²) < 4.78 is 30.7. The molecular formula is C10H11NO3S. The normalized spacial score (nSPS) is 25.2. The fraction of sp³-hybridized carbons (Fsp3) is 0.200. The summed E-state index contributed by atoms with van der Waals surface area (Å²) >= 11 is 0. The lowest BCUT2D eigenvalue weighted by molar-refractivity contribution is 0.492. The van der Waals surface area contributed by atoms with Crippen LogP contribution in [0.3, 0.4) is 0 Å². The highest BCUT2D eigenvalue weighted by Crippen LogP contribution is 2.28. The molecule has 0 amide bonds. The molecule has 0 saturated heterocycles. The van der Waals surface area contributed by atoms with Crippen molar-refractivity contribution in [1.29, 1.82) is 0 Å². The molecule has 5 heteroatoms. The maximum atomic E-state index is 10.9. The van der Waals surface area contributed by atoms with Gasteiger partial charge in [0.2, 0.25) is 0 Å². The van der Waals surface area contributed by atoms with Crippen molar-refractivity contribution < 1.29 is 13.0 Å². The zero-order chi connectivity index (χ0) is 11.1. The first-order valence-electron chi connectivity index (χ1n) is 4.51. The molecule has 0 aliphatic heterocycles. The van der Waals surface area contributed by atoms with E-state index in [2.05, 4.69) is 0 Å². The van der Waals surface area contributed by atoms with Crippen LogP contribution in [0, 0.1) is 0 Å². The summed E-state index contributed by atoms with van der Waals surface area (Å²) in [5.74, 6) is 0. The highest BCUT2D eigenvalue weighted by Gasteiger charge is 2.19. The van der Waals surface area contributed by atoms with Gasteiger partial charge in [-0.15, -0.1) is 0 Å². The van der Waals surface area contributed by atoms with Crippen LogP contribution >= 0.6 is 0 Å². The number of allylic oxidation sites excluding steroid dienone is 5. The molecule has 3 N–H and O–H groups in total. The Hall–Kier alpha value is -1.17. The highest BCUT2D eigenvalue weighted by atomic mass is 32.2. The van der Waals surface area contributed by atoms with Gasteiger partial charge in [0.25, 0.3) is 10.1 Å². The van der Waals surface area contributed by atoms with Crippen LogP contribution in [-0.4, -0.2) is 19.0 Å². The lowest BCUT2D eigenvalue weighted by Gasteiger charge is -2.18. The lowest BCUT2D eigenvalue weighted by Crippen LogP contribution is -2.18. The van der Waals surface area contributed by atoms with Crippen molar-refractivity contribution in [3.63, 3.8) is 0 Å². The second-order valence-electron chi connectivity index (χ2n) is 3.51. The summed E-state index contributed by atoms with van der Waals surface area (Å²) in [6.07, 6.45) is 8.85. The third-order valence-corrected chi connectivity index (χ3v) is 3.26. The predicted molar refractivity (Wildman–Crippen MR) is 57.5 cm³/mol. The van der Waals surface area contributed by atoms with Gasteiger partial charge in [-0.3, -0.25) is 4.55 Å². The molecule has 0 aromatic rings. The molecule has 0 aromatic heterocycles. The first-order chi connectivity index (χ1) is 6.97. The van der Waals surface area contributed by atoms with Gasteiger partial charge < -0.3 is 5.73 Å². The number of fused-ring (bicyclic) bond motifs is 1. The Balaban J connectivity index is 2.40. The largest absolute Gasteiger partial charge is 0.321 e. The quantitative estimate of drug-likeness (QED) is 0.650. The predicted octanol–water partition coefficient (Wildman–Crippen LogP) is 0.912. The Kier molecular flexibility index (Phi) is 2.38. The first kappa shape index (κ1) is 10.4. The standard InChI is InChI=1S/C10H11NO3S/c11-9-3-1-8-6-10(15(12,13)14)4-2-7(8)5-9/h1,3-6,9H,2,11H2,(H,12,13,14). The number of hydrogen-bond donors (Lipinski definition) is 2. The first-order valence-corrected chi connectivity index (χ1v) is 5.95. The van der Waals surface area contributed by atoms with Crippen molar-refractivity contribution >= 4 is 10.1 Å². The van der Waals surface area contributed by atoms with Gasteiger partial charge in [0.05, 0.1) is 4.91 Å². The lowest BCUT2D eigenvalue weighted by atomic mass is 9.92. The minimum atomic E-state index is -4.10. The Morgan fingerprint density at radius 1 is 1.47 bits per heavy atom. The van der Waals surface area contributed by atoms with Crippen molar-refractivity contribution in [2.24, 2.45) is 5.73 Å². The van der Waals surface area contributed by atoms with Crippen molar-refractivity contribution in [2.45, 2.75) is 12.5 Å². The van der Waals surface area contributed by atoms with E-state index in [1.807, 2.05) is 6.08 Å². The minimum absolute atomic E-state index is 0.0465. The Bertz CT molecular complexity index is 509. The van der Waals surface area contributed by atoms with Gasteiger partial charge in [-0.2, -0.15) is 8.42 Å². The van der Waals surface area contributed by atoms with Crippen LogP contribution in [0.4, 0.5) is 0 Å². The number of hydrogen-bond acceptors (Lipinski definition) is 3.